The van der Waals surface area contributed by atoms with Gasteiger partial charge in [0, 0.05) is 9.38 Å². The lowest BCUT2D eigenvalue weighted by Gasteiger charge is -2.36. The van der Waals surface area contributed by atoms with Crippen molar-refractivity contribution in [2.45, 2.75) is 38.9 Å². The first-order chi connectivity index (χ1) is 8.17. The molecule has 0 aliphatic heterocycles. The highest BCUT2D eigenvalue weighted by Gasteiger charge is 2.39. The van der Waals surface area contributed by atoms with Gasteiger partial charge in [-0.1, -0.05) is 41.8 Å². The molecule has 0 spiro atoms. The Morgan fingerprint density at radius 1 is 1.33 bits per heavy atom. The van der Waals surface area contributed by atoms with Crippen LogP contribution in [0.4, 0.5) is 5.69 Å². The lowest BCUT2D eigenvalue weighted by atomic mass is 10.2. The van der Waals surface area contributed by atoms with Crippen molar-refractivity contribution in [3.05, 3.63) is 33.1 Å². The van der Waals surface area contributed by atoms with Crippen LogP contribution in [0.1, 0.15) is 20.8 Å². The highest BCUT2D eigenvalue weighted by molar-refractivity contribution is 9.10. The molecule has 0 saturated carbocycles. The molecule has 0 saturated heterocycles. The lowest BCUT2D eigenvalue weighted by molar-refractivity contribution is 0.493. The summed E-state index contributed by atoms with van der Waals surface area (Å²) < 4.78 is 7.03. The smallest absolute Gasteiger partial charge is 0.250 e. The normalized spacial score (nSPS) is 11.9. The minimum atomic E-state index is -1.92. The number of azide groups is 1. The van der Waals surface area contributed by atoms with E-state index in [1.54, 1.807) is 6.07 Å². The third kappa shape index (κ3) is 3.51. The van der Waals surface area contributed by atoms with E-state index in [4.69, 9.17) is 9.96 Å². The molecule has 18 heavy (non-hydrogen) atoms. The molecule has 0 N–H and O–H groups in total. The van der Waals surface area contributed by atoms with E-state index in [-0.39, 0.29) is 5.04 Å². The Bertz CT molecular complexity index is 491. The van der Waals surface area contributed by atoms with Gasteiger partial charge in [0.25, 0.3) is 0 Å². The fourth-order valence-electron chi connectivity index (χ4n) is 1.13. The van der Waals surface area contributed by atoms with Gasteiger partial charge in [0.15, 0.2) is 0 Å². The van der Waals surface area contributed by atoms with Crippen molar-refractivity contribution in [3.63, 3.8) is 0 Å². The van der Waals surface area contributed by atoms with Gasteiger partial charge >= 0.3 is 0 Å². The molecule has 1 rings (SSSR count). The number of nitrogens with zero attached hydrogens (tertiary/aromatic N) is 3. The Morgan fingerprint density at radius 3 is 2.44 bits per heavy atom. The maximum atomic E-state index is 8.59. The Labute approximate surface area is 117 Å². The van der Waals surface area contributed by atoms with Crippen LogP contribution < -0.4 is 4.43 Å². The van der Waals surface area contributed by atoms with Gasteiger partial charge in [-0.05, 0) is 41.9 Å². The SMILES string of the molecule is CC(C)(C)[Si](C)(C)Oc1ccc(Br)cc1N=[N+]=[N-]. The zero-order chi connectivity index (χ0) is 14.0. The average molecular weight is 328 g/mol. The first kappa shape index (κ1) is 15.1. The van der Waals surface area contributed by atoms with Crippen LogP contribution in [-0.2, 0) is 0 Å². The molecule has 0 heterocycles. The van der Waals surface area contributed by atoms with Crippen LogP contribution in [0.15, 0.2) is 27.8 Å². The summed E-state index contributed by atoms with van der Waals surface area (Å²) in [5.74, 6) is 0.655. The average Bonchev–Trinajstić information content (AvgIpc) is 2.20. The molecule has 0 amide bonds. The predicted molar refractivity (Wildman–Crippen MR) is 80.8 cm³/mol. The van der Waals surface area contributed by atoms with Gasteiger partial charge in [0.2, 0.25) is 8.32 Å². The summed E-state index contributed by atoms with van der Waals surface area (Å²) in [6.07, 6.45) is 0. The minimum absolute atomic E-state index is 0.105. The van der Waals surface area contributed by atoms with E-state index in [0.29, 0.717) is 11.4 Å². The molecule has 0 aromatic heterocycles. The maximum absolute atomic E-state index is 8.59. The molecular formula is C12H18BrN3OSi. The van der Waals surface area contributed by atoms with Crippen molar-refractivity contribution in [3.8, 4) is 5.75 Å². The molecule has 0 aliphatic rings. The molecule has 98 valence electrons. The van der Waals surface area contributed by atoms with E-state index in [1.165, 1.54) is 0 Å². The molecule has 0 radical (unpaired) electrons. The van der Waals surface area contributed by atoms with Gasteiger partial charge < -0.3 is 4.43 Å². The third-order valence-corrected chi connectivity index (χ3v) is 8.08. The van der Waals surface area contributed by atoms with Crippen molar-refractivity contribution in [1.29, 1.82) is 0 Å². The van der Waals surface area contributed by atoms with Gasteiger partial charge in [0.05, 0.1) is 5.69 Å². The summed E-state index contributed by atoms with van der Waals surface area (Å²) in [4.78, 5) is 2.84. The highest BCUT2D eigenvalue weighted by atomic mass is 79.9. The highest BCUT2D eigenvalue weighted by Crippen LogP contribution is 2.40. The van der Waals surface area contributed by atoms with E-state index in [1.807, 2.05) is 12.1 Å². The van der Waals surface area contributed by atoms with Crippen LogP contribution in [0.5, 0.6) is 5.75 Å². The van der Waals surface area contributed by atoms with Crippen LogP contribution in [0, 0.1) is 0 Å². The van der Waals surface area contributed by atoms with Crippen molar-refractivity contribution >= 4 is 29.9 Å². The zero-order valence-corrected chi connectivity index (χ0v) is 13.9. The lowest BCUT2D eigenvalue weighted by Crippen LogP contribution is -2.43. The summed E-state index contributed by atoms with van der Waals surface area (Å²) in [6, 6.07) is 5.50. The molecule has 1 aromatic carbocycles. The van der Waals surface area contributed by atoms with Crippen LogP contribution in [0.25, 0.3) is 10.4 Å². The first-order valence-corrected chi connectivity index (χ1v) is 9.41. The summed E-state index contributed by atoms with van der Waals surface area (Å²) in [7, 11) is -1.92. The van der Waals surface area contributed by atoms with E-state index in [2.05, 4.69) is 59.8 Å². The summed E-state index contributed by atoms with van der Waals surface area (Å²) in [6.45, 7) is 10.8. The number of rotatable bonds is 3. The maximum Gasteiger partial charge on any atom is 0.250 e. The van der Waals surface area contributed by atoms with Crippen molar-refractivity contribution in [1.82, 2.24) is 0 Å². The molecular weight excluding hydrogens is 310 g/mol. The summed E-state index contributed by atoms with van der Waals surface area (Å²) in [5, 5.41) is 3.79. The molecule has 6 heteroatoms. The van der Waals surface area contributed by atoms with E-state index in [0.717, 1.165) is 4.47 Å². The minimum Gasteiger partial charge on any atom is -0.543 e. The zero-order valence-electron chi connectivity index (χ0n) is 11.4. The Kier molecular flexibility index (Phi) is 4.48. The second-order valence-electron chi connectivity index (χ2n) is 5.66. The molecule has 0 atom stereocenters. The van der Waals surface area contributed by atoms with Crippen LogP contribution in [0.3, 0.4) is 0 Å². The fraction of sp³-hybridized carbons (Fsp3) is 0.500. The number of halogens is 1. The van der Waals surface area contributed by atoms with Gasteiger partial charge in [-0.15, -0.1) is 0 Å². The standard InChI is InChI=1S/C12H18BrN3OSi/c1-12(2,3)18(4,5)17-11-7-6-9(13)8-10(11)15-16-14/h6-8H,1-5H3. The largest absolute Gasteiger partial charge is 0.543 e. The van der Waals surface area contributed by atoms with Crippen LogP contribution >= 0.6 is 15.9 Å². The molecule has 1 aromatic rings. The van der Waals surface area contributed by atoms with Crippen molar-refractivity contribution in [2.75, 3.05) is 0 Å². The quantitative estimate of drug-likeness (QED) is 0.300. The van der Waals surface area contributed by atoms with Gasteiger partial charge in [-0.3, -0.25) is 0 Å². The molecule has 0 bridgehead atoms. The van der Waals surface area contributed by atoms with Crippen LogP contribution in [-0.4, -0.2) is 8.32 Å². The molecule has 0 aliphatic carbocycles. The summed E-state index contributed by atoms with van der Waals surface area (Å²) >= 11 is 3.36. The predicted octanol–water partition coefficient (Wildman–Crippen LogP) is 5.77. The third-order valence-electron chi connectivity index (χ3n) is 3.24. The first-order valence-electron chi connectivity index (χ1n) is 5.71. The van der Waals surface area contributed by atoms with E-state index >= 15 is 0 Å². The number of benzene rings is 1. The molecule has 0 fully saturated rings. The second kappa shape index (κ2) is 5.34. The topological polar surface area (TPSA) is 58.0 Å². The second-order valence-corrected chi connectivity index (χ2v) is 11.3. The number of hydrogen-bond donors (Lipinski definition) is 0. The Balaban J connectivity index is 3.15. The Hall–Kier alpha value is -0.973. The summed E-state index contributed by atoms with van der Waals surface area (Å²) in [5.41, 5.74) is 9.12. The van der Waals surface area contributed by atoms with Crippen LogP contribution in [0.2, 0.25) is 18.1 Å². The van der Waals surface area contributed by atoms with Crippen molar-refractivity contribution < 1.29 is 4.43 Å². The molecule has 4 nitrogen and oxygen atoms in total. The fourth-order valence-corrected chi connectivity index (χ4v) is 2.51. The van der Waals surface area contributed by atoms with E-state index in [9.17, 15) is 0 Å². The molecule has 0 unspecified atom stereocenters. The van der Waals surface area contributed by atoms with Gasteiger partial charge in [-0.2, -0.15) is 0 Å². The van der Waals surface area contributed by atoms with Gasteiger partial charge in [-0.25, -0.2) is 0 Å². The number of hydrogen-bond acceptors (Lipinski definition) is 2. The van der Waals surface area contributed by atoms with E-state index < -0.39 is 8.32 Å². The monoisotopic (exact) mass is 327 g/mol. The van der Waals surface area contributed by atoms with Gasteiger partial charge in [0.1, 0.15) is 5.75 Å². The Morgan fingerprint density at radius 2 is 1.94 bits per heavy atom. The van der Waals surface area contributed by atoms with Crippen molar-refractivity contribution in [2.24, 2.45) is 5.11 Å².